The number of hydrogen-bond donors (Lipinski definition) is 1. The standard InChI is InChI=1S/C23H32O5S/c24-23(25)14-7-2-1-6-12-19-20(22-16-15-21(19)28-22)13-8-9-17-29(26,27)18-10-4-3-5-11-18/h1,3-6,10-11,19-22H,2,7-9,12-17H2,(H,24,25)/t19-,20-,21-,22+/m1/s1. The van der Waals surface area contributed by atoms with Crippen molar-refractivity contribution in [1.29, 1.82) is 0 Å². The first-order valence-corrected chi connectivity index (χ1v) is 12.4. The fourth-order valence-electron chi connectivity index (χ4n) is 4.76. The molecule has 4 atom stereocenters. The summed E-state index contributed by atoms with van der Waals surface area (Å²) in [7, 11) is -3.19. The maximum absolute atomic E-state index is 12.4. The second-order valence-corrected chi connectivity index (χ2v) is 10.3. The van der Waals surface area contributed by atoms with Gasteiger partial charge in [0.1, 0.15) is 0 Å². The van der Waals surface area contributed by atoms with E-state index in [0.29, 0.717) is 41.8 Å². The van der Waals surface area contributed by atoms with Gasteiger partial charge in [0.15, 0.2) is 9.84 Å². The van der Waals surface area contributed by atoms with Crippen LogP contribution >= 0.6 is 0 Å². The van der Waals surface area contributed by atoms with E-state index in [4.69, 9.17) is 9.84 Å². The maximum Gasteiger partial charge on any atom is 0.303 e. The molecule has 0 amide bonds. The maximum atomic E-state index is 12.4. The number of aliphatic carboxylic acids is 1. The van der Waals surface area contributed by atoms with Crippen LogP contribution in [0.3, 0.4) is 0 Å². The van der Waals surface area contributed by atoms with Gasteiger partial charge in [0, 0.05) is 6.42 Å². The van der Waals surface area contributed by atoms with Gasteiger partial charge >= 0.3 is 5.97 Å². The van der Waals surface area contributed by atoms with Gasteiger partial charge in [-0.1, -0.05) is 36.8 Å². The number of rotatable bonds is 12. The molecule has 29 heavy (non-hydrogen) atoms. The number of ether oxygens (including phenoxy) is 1. The van der Waals surface area contributed by atoms with Gasteiger partial charge in [-0.15, -0.1) is 0 Å². The van der Waals surface area contributed by atoms with Crippen LogP contribution in [0.15, 0.2) is 47.4 Å². The van der Waals surface area contributed by atoms with Gasteiger partial charge in [-0.3, -0.25) is 4.79 Å². The molecular formula is C23H32O5S. The monoisotopic (exact) mass is 420 g/mol. The van der Waals surface area contributed by atoms with Crippen LogP contribution < -0.4 is 0 Å². The molecule has 1 aromatic carbocycles. The molecule has 160 valence electrons. The summed E-state index contributed by atoms with van der Waals surface area (Å²) in [6.45, 7) is 0. The third kappa shape index (κ3) is 6.16. The summed E-state index contributed by atoms with van der Waals surface area (Å²) in [6, 6.07) is 8.68. The molecule has 2 fully saturated rings. The van der Waals surface area contributed by atoms with Crippen molar-refractivity contribution in [1.82, 2.24) is 0 Å². The SMILES string of the molecule is O=C(O)CCCC=CC[C@@H]1[C@@H](CCCCS(=O)(=O)c2ccccc2)[C@@H]2CC[C@H]1O2. The smallest absolute Gasteiger partial charge is 0.303 e. The van der Waals surface area contributed by atoms with Gasteiger partial charge in [-0.05, 0) is 68.9 Å². The number of carboxylic acid groups (broad SMARTS) is 1. The molecule has 2 heterocycles. The van der Waals surface area contributed by atoms with E-state index < -0.39 is 15.8 Å². The molecule has 0 unspecified atom stereocenters. The number of unbranched alkanes of at least 4 members (excludes halogenated alkanes) is 2. The molecule has 2 aliphatic heterocycles. The third-order valence-electron chi connectivity index (χ3n) is 6.23. The fraction of sp³-hybridized carbons (Fsp3) is 0.609. The van der Waals surface area contributed by atoms with Crippen LogP contribution in [0, 0.1) is 11.8 Å². The van der Waals surface area contributed by atoms with Crippen molar-refractivity contribution in [2.75, 3.05) is 5.75 Å². The number of carboxylic acids is 1. The molecule has 2 aliphatic rings. The molecular weight excluding hydrogens is 388 g/mol. The molecule has 6 heteroatoms. The lowest BCUT2D eigenvalue weighted by Gasteiger charge is -2.27. The van der Waals surface area contributed by atoms with Crippen LogP contribution in [0.1, 0.15) is 57.8 Å². The predicted octanol–water partition coefficient (Wildman–Crippen LogP) is 4.63. The average molecular weight is 421 g/mol. The highest BCUT2D eigenvalue weighted by atomic mass is 32.2. The van der Waals surface area contributed by atoms with Gasteiger partial charge in [0.05, 0.1) is 22.9 Å². The molecule has 0 radical (unpaired) electrons. The molecule has 2 bridgehead atoms. The van der Waals surface area contributed by atoms with Crippen LogP contribution in [0.2, 0.25) is 0 Å². The lowest BCUT2D eigenvalue weighted by Crippen LogP contribution is -2.27. The highest BCUT2D eigenvalue weighted by Crippen LogP contribution is 2.47. The summed E-state index contributed by atoms with van der Waals surface area (Å²) < 4.78 is 31.0. The Balaban J connectivity index is 1.43. The zero-order chi connectivity index (χ0) is 20.7. The lowest BCUT2D eigenvalue weighted by molar-refractivity contribution is -0.137. The molecule has 0 saturated carbocycles. The van der Waals surface area contributed by atoms with Crippen LogP contribution in [0.25, 0.3) is 0 Å². The minimum atomic E-state index is -3.19. The van der Waals surface area contributed by atoms with E-state index in [2.05, 4.69) is 12.2 Å². The highest BCUT2D eigenvalue weighted by Gasteiger charge is 2.47. The van der Waals surface area contributed by atoms with E-state index in [1.807, 2.05) is 6.07 Å². The van der Waals surface area contributed by atoms with Gasteiger partial charge in [0.25, 0.3) is 0 Å². The number of carbonyl (C=O) groups is 1. The molecule has 3 rings (SSSR count). The van der Waals surface area contributed by atoms with Crippen molar-refractivity contribution in [2.45, 2.75) is 74.9 Å². The molecule has 5 nitrogen and oxygen atoms in total. The molecule has 0 aliphatic carbocycles. The van der Waals surface area contributed by atoms with Crippen LogP contribution in [0.5, 0.6) is 0 Å². The molecule has 0 aromatic heterocycles. The summed E-state index contributed by atoms with van der Waals surface area (Å²) in [5.74, 6) is 0.480. The summed E-state index contributed by atoms with van der Waals surface area (Å²) in [4.78, 5) is 11.0. The molecule has 2 saturated heterocycles. The third-order valence-corrected chi connectivity index (χ3v) is 8.05. The van der Waals surface area contributed by atoms with Crippen molar-refractivity contribution < 1.29 is 23.1 Å². The Labute approximate surface area is 174 Å². The summed E-state index contributed by atoms with van der Waals surface area (Å²) >= 11 is 0. The van der Waals surface area contributed by atoms with Crippen LogP contribution in [-0.4, -0.2) is 37.5 Å². The number of sulfone groups is 1. The van der Waals surface area contributed by atoms with E-state index in [0.717, 1.165) is 38.5 Å². The van der Waals surface area contributed by atoms with Crippen molar-refractivity contribution in [2.24, 2.45) is 11.8 Å². The average Bonchev–Trinajstić information content (AvgIpc) is 3.30. The van der Waals surface area contributed by atoms with E-state index in [1.165, 1.54) is 0 Å². The van der Waals surface area contributed by atoms with Crippen molar-refractivity contribution in [3.05, 3.63) is 42.5 Å². The van der Waals surface area contributed by atoms with Crippen molar-refractivity contribution in [3.63, 3.8) is 0 Å². The Morgan fingerprint density at radius 2 is 1.76 bits per heavy atom. The molecule has 0 spiro atoms. The second kappa shape index (κ2) is 10.4. The quantitative estimate of drug-likeness (QED) is 0.394. The Hall–Kier alpha value is -1.66. The van der Waals surface area contributed by atoms with Crippen molar-refractivity contribution in [3.8, 4) is 0 Å². The summed E-state index contributed by atoms with van der Waals surface area (Å²) in [6.07, 6.45) is 12.5. The van der Waals surface area contributed by atoms with E-state index in [1.54, 1.807) is 24.3 Å². The van der Waals surface area contributed by atoms with Gasteiger partial charge in [-0.2, -0.15) is 0 Å². The topological polar surface area (TPSA) is 80.7 Å². The van der Waals surface area contributed by atoms with Gasteiger partial charge in [-0.25, -0.2) is 8.42 Å². The summed E-state index contributed by atoms with van der Waals surface area (Å²) in [5.41, 5.74) is 0. The molecule has 1 N–H and O–H groups in total. The number of fused-ring (bicyclic) bond motifs is 2. The first-order chi connectivity index (χ1) is 14.0. The second-order valence-electron chi connectivity index (χ2n) is 8.24. The van der Waals surface area contributed by atoms with E-state index in [9.17, 15) is 13.2 Å². The fourth-order valence-corrected chi connectivity index (χ4v) is 6.15. The summed E-state index contributed by atoms with van der Waals surface area (Å²) in [5, 5.41) is 8.69. The van der Waals surface area contributed by atoms with Crippen LogP contribution in [0.4, 0.5) is 0 Å². The largest absolute Gasteiger partial charge is 0.481 e. The zero-order valence-electron chi connectivity index (χ0n) is 16.9. The number of benzene rings is 1. The molecule has 1 aromatic rings. The minimum Gasteiger partial charge on any atom is -0.481 e. The minimum absolute atomic E-state index is 0.201. The lowest BCUT2D eigenvalue weighted by atomic mass is 9.75. The first-order valence-electron chi connectivity index (χ1n) is 10.8. The van der Waals surface area contributed by atoms with E-state index in [-0.39, 0.29) is 12.2 Å². The van der Waals surface area contributed by atoms with E-state index >= 15 is 0 Å². The first kappa shape index (κ1) is 22.0. The Morgan fingerprint density at radius 1 is 1.03 bits per heavy atom. The van der Waals surface area contributed by atoms with Gasteiger partial charge in [0.2, 0.25) is 0 Å². The Morgan fingerprint density at radius 3 is 2.48 bits per heavy atom. The number of allylic oxidation sites excluding steroid dienone is 2. The Bertz CT molecular complexity index is 787. The predicted molar refractivity (Wildman–Crippen MR) is 112 cm³/mol. The van der Waals surface area contributed by atoms with Crippen molar-refractivity contribution >= 4 is 15.8 Å². The van der Waals surface area contributed by atoms with Crippen LogP contribution in [-0.2, 0) is 19.4 Å². The normalized spacial score (nSPS) is 26.3. The zero-order valence-corrected chi connectivity index (χ0v) is 17.7. The number of hydrogen-bond acceptors (Lipinski definition) is 4. The highest BCUT2D eigenvalue weighted by molar-refractivity contribution is 7.91. The van der Waals surface area contributed by atoms with Gasteiger partial charge < -0.3 is 9.84 Å². The Kier molecular flexibility index (Phi) is 7.90.